The predicted molar refractivity (Wildman–Crippen MR) is 99.8 cm³/mol. The molecule has 0 saturated heterocycles. The standard InChI is InChI=1S/C20H19N3O4/c1-14(21-20(25)23-16-10-6-3-7-11-16)19(24)27-13-17-12-26-18(22-17)15-8-4-2-5-9-15/h2-12,14H,13H2,1H3,(H2,21,23,25)/t14-/m0/s1. The number of nitrogens with zero attached hydrogens (tertiary/aromatic N) is 1. The van der Waals surface area contributed by atoms with Crippen molar-refractivity contribution in [2.24, 2.45) is 0 Å². The zero-order valence-electron chi connectivity index (χ0n) is 14.7. The van der Waals surface area contributed by atoms with E-state index in [1.165, 1.54) is 6.26 Å². The lowest BCUT2D eigenvalue weighted by atomic mass is 10.2. The first-order valence-corrected chi connectivity index (χ1v) is 8.41. The molecule has 0 aliphatic heterocycles. The van der Waals surface area contributed by atoms with Gasteiger partial charge in [-0.2, -0.15) is 0 Å². The predicted octanol–water partition coefficient (Wildman–Crippen LogP) is 3.60. The van der Waals surface area contributed by atoms with Crippen LogP contribution < -0.4 is 10.6 Å². The minimum Gasteiger partial charge on any atom is -0.458 e. The maximum Gasteiger partial charge on any atom is 0.328 e. The van der Waals surface area contributed by atoms with Gasteiger partial charge in [0.15, 0.2) is 0 Å². The Morgan fingerprint density at radius 1 is 1.07 bits per heavy atom. The minimum atomic E-state index is -0.811. The van der Waals surface area contributed by atoms with Gasteiger partial charge in [-0.15, -0.1) is 0 Å². The topological polar surface area (TPSA) is 93.5 Å². The molecule has 138 valence electrons. The number of anilines is 1. The van der Waals surface area contributed by atoms with E-state index in [1.54, 1.807) is 31.2 Å². The summed E-state index contributed by atoms with van der Waals surface area (Å²) in [5.74, 6) is -0.113. The molecule has 27 heavy (non-hydrogen) atoms. The first kappa shape index (κ1) is 18.2. The second kappa shape index (κ2) is 8.66. The highest BCUT2D eigenvalue weighted by Gasteiger charge is 2.18. The number of carbonyl (C=O) groups is 2. The molecule has 1 heterocycles. The SMILES string of the molecule is C[C@H](NC(=O)Nc1ccccc1)C(=O)OCc1coc(-c2ccccc2)n1. The number of urea groups is 1. The molecule has 3 rings (SSSR count). The summed E-state index contributed by atoms with van der Waals surface area (Å²) in [5.41, 5.74) is 1.96. The molecule has 1 atom stereocenters. The number of esters is 1. The lowest BCUT2D eigenvalue weighted by molar-refractivity contribution is -0.146. The largest absolute Gasteiger partial charge is 0.458 e. The van der Waals surface area contributed by atoms with Crippen molar-refractivity contribution in [3.8, 4) is 11.5 Å². The van der Waals surface area contributed by atoms with E-state index in [9.17, 15) is 9.59 Å². The van der Waals surface area contributed by atoms with Crippen LogP contribution in [0.25, 0.3) is 11.5 Å². The van der Waals surface area contributed by atoms with Gasteiger partial charge in [0.25, 0.3) is 0 Å². The molecule has 0 bridgehead atoms. The fraction of sp³-hybridized carbons (Fsp3) is 0.150. The van der Waals surface area contributed by atoms with Gasteiger partial charge in [0.2, 0.25) is 5.89 Å². The summed E-state index contributed by atoms with van der Waals surface area (Å²) in [6.07, 6.45) is 1.44. The number of carbonyl (C=O) groups excluding carboxylic acids is 2. The van der Waals surface area contributed by atoms with E-state index in [0.717, 1.165) is 5.56 Å². The number of ether oxygens (including phenoxy) is 1. The number of hydrogen-bond acceptors (Lipinski definition) is 5. The van der Waals surface area contributed by atoms with E-state index in [-0.39, 0.29) is 6.61 Å². The van der Waals surface area contributed by atoms with Gasteiger partial charge in [0, 0.05) is 11.3 Å². The Labute approximate surface area is 156 Å². The Kier molecular flexibility index (Phi) is 5.84. The smallest absolute Gasteiger partial charge is 0.328 e. The molecule has 7 nitrogen and oxygen atoms in total. The second-order valence-corrected chi connectivity index (χ2v) is 5.80. The number of nitrogens with one attached hydrogen (secondary N) is 2. The molecule has 7 heteroatoms. The highest BCUT2D eigenvalue weighted by Crippen LogP contribution is 2.18. The molecule has 0 unspecified atom stereocenters. The lowest BCUT2D eigenvalue weighted by Crippen LogP contribution is -2.41. The maximum atomic E-state index is 12.1. The number of rotatable bonds is 6. The van der Waals surface area contributed by atoms with Gasteiger partial charge in [-0.3, -0.25) is 0 Å². The zero-order valence-corrected chi connectivity index (χ0v) is 14.7. The molecule has 0 radical (unpaired) electrons. The van der Waals surface area contributed by atoms with Crippen molar-refractivity contribution in [1.82, 2.24) is 10.3 Å². The number of aromatic nitrogens is 1. The van der Waals surface area contributed by atoms with Gasteiger partial charge in [0.1, 0.15) is 24.6 Å². The number of amides is 2. The molecule has 3 aromatic rings. The van der Waals surface area contributed by atoms with Gasteiger partial charge < -0.3 is 19.8 Å². The van der Waals surface area contributed by atoms with Gasteiger partial charge in [-0.25, -0.2) is 14.6 Å². The van der Waals surface area contributed by atoms with E-state index < -0.39 is 18.0 Å². The van der Waals surface area contributed by atoms with E-state index in [0.29, 0.717) is 17.3 Å². The molecule has 0 spiro atoms. The minimum absolute atomic E-state index is 0.0402. The van der Waals surface area contributed by atoms with Crippen LogP contribution in [0.1, 0.15) is 12.6 Å². The summed E-state index contributed by atoms with van der Waals surface area (Å²) in [6, 6.07) is 17.1. The van der Waals surface area contributed by atoms with Crippen molar-refractivity contribution < 1.29 is 18.7 Å². The quantitative estimate of drug-likeness (QED) is 0.651. The molecule has 0 aliphatic carbocycles. The van der Waals surface area contributed by atoms with Crippen molar-refractivity contribution >= 4 is 17.7 Å². The van der Waals surface area contributed by atoms with Gasteiger partial charge in [-0.05, 0) is 31.2 Å². The Balaban J connectivity index is 1.47. The van der Waals surface area contributed by atoms with Crippen molar-refractivity contribution in [1.29, 1.82) is 0 Å². The molecular weight excluding hydrogens is 346 g/mol. The van der Waals surface area contributed by atoms with Crippen LogP contribution in [0.4, 0.5) is 10.5 Å². The third-order valence-electron chi connectivity index (χ3n) is 3.67. The number of oxazole rings is 1. The van der Waals surface area contributed by atoms with E-state index in [1.807, 2.05) is 36.4 Å². The van der Waals surface area contributed by atoms with Crippen LogP contribution in [0, 0.1) is 0 Å². The summed E-state index contributed by atoms with van der Waals surface area (Å²) in [5, 5.41) is 5.16. The van der Waals surface area contributed by atoms with Crippen LogP contribution in [0.3, 0.4) is 0 Å². The van der Waals surface area contributed by atoms with E-state index >= 15 is 0 Å². The Hall–Kier alpha value is -3.61. The number of para-hydroxylation sites is 1. The average molecular weight is 365 g/mol. The summed E-state index contributed by atoms with van der Waals surface area (Å²) < 4.78 is 10.6. The molecule has 0 saturated carbocycles. The van der Waals surface area contributed by atoms with Gasteiger partial charge in [0.05, 0.1) is 0 Å². The fourth-order valence-corrected chi connectivity index (χ4v) is 2.30. The molecule has 0 fully saturated rings. The Morgan fingerprint density at radius 3 is 2.44 bits per heavy atom. The van der Waals surface area contributed by atoms with Crippen LogP contribution in [0.15, 0.2) is 71.3 Å². The molecular formula is C20H19N3O4. The van der Waals surface area contributed by atoms with Gasteiger partial charge in [-0.1, -0.05) is 36.4 Å². The monoisotopic (exact) mass is 365 g/mol. The van der Waals surface area contributed by atoms with Crippen LogP contribution in [-0.2, 0) is 16.1 Å². The Morgan fingerprint density at radius 2 is 1.74 bits per heavy atom. The van der Waals surface area contributed by atoms with Crippen LogP contribution in [-0.4, -0.2) is 23.0 Å². The number of hydrogen-bond donors (Lipinski definition) is 2. The normalized spacial score (nSPS) is 11.4. The maximum absolute atomic E-state index is 12.1. The highest BCUT2D eigenvalue weighted by atomic mass is 16.5. The second-order valence-electron chi connectivity index (χ2n) is 5.80. The first-order chi connectivity index (χ1) is 13.1. The third-order valence-corrected chi connectivity index (χ3v) is 3.67. The summed E-state index contributed by atoms with van der Waals surface area (Å²) >= 11 is 0. The van der Waals surface area contributed by atoms with Crippen molar-refractivity contribution in [3.05, 3.63) is 72.6 Å². The summed E-state index contributed by atoms with van der Waals surface area (Å²) in [6.45, 7) is 1.51. The highest BCUT2D eigenvalue weighted by molar-refractivity contribution is 5.92. The third kappa shape index (κ3) is 5.18. The van der Waals surface area contributed by atoms with E-state index in [4.69, 9.17) is 9.15 Å². The van der Waals surface area contributed by atoms with Crippen molar-refractivity contribution in [3.63, 3.8) is 0 Å². The molecule has 2 aromatic carbocycles. The molecule has 2 N–H and O–H groups in total. The summed E-state index contributed by atoms with van der Waals surface area (Å²) in [7, 11) is 0. The first-order valence-electron chi connectivity index (χ1n) is 8.41. The molecule has 2 amide bonds. The van der Waals surface area contributed by atoms with E-state index in [2.05, 4.69) is 15.6 Å². The van der Waals surface area contributed by atoms with Gasteiger partial charge >= 0.3 is 12.0 Å². The molecule has 0 aliphatic rings. The van der Waals surface area contributed by atoms with Crippen LogP contribution >= 0.6 is 0 Å². The zero-order chi connectivity index (χ0) is 19.1. The van der Waals surface area contributed by atoms with Crippen LogP contribution in [0.5, 0.6) is 0 Å². The van der Waals surface area contributed by atoms with Crippen molar-refractivity contribution in [2.75, 3.05) is 5.32 Å². The number of benzene rings is 2. The molecule has 1 aromatic heterocycles. The van der Waals surface area contributed by atoms with Crippen molar-refractivity contribution in [2.45, 2.75) is 19.6 Å². The summed E-state index contributed by atoms with van der Waals surface area (Å²) in [4.78, 5) is 28.2. The average Bonchev–Trinajstić information content (AvgIpc) is 3.16. The Bertz CT molecular complexity index is 894. The van der Waals surface area contributed by atoms with Crippen LogP contribution in [0.2, 0.25) is 0 Å². The fourth-order valence-electron chi connectivity index (χ4n) is 2.30. The lowest BCUT2D eigenvalue weighted by Gasteiger charge is -2.13.